The van der Waals surface area contributed by atoms with Crippen LogP contribution in [0.4, 0.5) is 0 Å². The first-order valence-electron chi connectivity index (χ1n) is 13.9. The minimum Gasteiger partial charge on any atom is -0.312 e. The average molecular weight is 494 g/mol. The summed E-state index contributed by atoms with van der Waals surface area (Å²) in [5.74, 6) is 0. The molecular weight excluding hydrogens is 458 g/mol. The number of nitrogens with zero attached hydrogens (tertiary/aromatic N) is 1. The number of allylic oxidation sites excluding steroid dienone is 1. The molecule has 0 N–H and O–H groups in total. The highest BCUT2D eigenvalue weighted by molar-refractivity contribution is 6.03. The van der Waals surface area contributed by atoms with Gasteiger partial charge in [-0.05, 0) is 98.2 Å². The molecule has 5 aromatic rings. The summed E-state index contributed by atoms with van der Waals surface area (Å²) in [5.41, 5.74) is 19.1. The largest absolute Gasteiger partial charge is 0.312 e. The molecule has 1 aliphatic carbocycles. The first-order valence-corrected chi connectivity index (χ1v) is 13.9. The van der Waals surface area contributed by atoms with Crippen LogP contribution in [0.15, 0.2) is 72.8 Å². The quantitative estimate of drug-likeness (QED) is 0.231. The summed E-state index contributed by atoms with van der Waals surface area (Å²) in [4.78, 5) is 0. The van der Waals surface area contributed by atoms with E-state index in [1.54, 1.807) is 0 Å². The smallest absolute Gasteiger partial charge is 0.0579 e. The van der Waals surface area contributed by atoms with E-state index in [4.69, 9.17) is 0 Å². The summed E-state index contributed by atoms with van der Waals surface area (Å²) < 4.78 is 2.60. The van der Waals surface area contributed by atoms with Crippen molar-refractivity contribution >= 4 is 22.6 Å². The first kappa shape index (κ1) is 23.3. The van der Waals surface area contributed by atoms with Crippen molar-refractivity contribution in [3.8, 4) is 16.8 Å². The Bertz CT molecular complexity index is 1780. The maximum atomic E-state index is 2.60. The molecule has 0 unspecified atom stereocenters. The molecule has 0 amide bonds. The highest BCUT2D eigenvalue weighted by atomic mass is 15.0. The van der Waals surface area contributed by atoms with Gasteiger partial charge in [0.15, 0.2) is 0 Å². The van der Waals surface area contributed by atoms with E-state index in [0.717, 1.165) is 12.8 Å². The monoisotopic (exact) mass is 493 g/mol. The summed E-state index contributed by atoms with van der Waals surface area (Å²) in [5, 5.41) is 1.39. The molecule has 1 heteroatoms. The van der Waals surface area contributed by atoms with Crippen molar-refractivity contribution in [2.24, 2.45) is 0 Å². The second kappa shape index (κ2) is 8.08. The molecule has 1 aliphatic heterocycles. The van der Waals surface area contributed by atoms with Crippen LogP contribution in [0.3, 0.4) is 0 Å². The third-order valence-electron chi connectivity index (χ3n) is 8.79. The molecule has 0 spiro atoms. The molecule has 188 valence electrons. The van der Waals surface area contributed by atoms with E-state index in [-0.39, 0.29) is 5.41 Å². The van der Waals surface area contributed by atoms with Gasteiger partial charge in [0.25, 0.3) is 0 Å². The fraction of sp³-hybridized carbons (Fsp3) is 0.243. The molecular formula is C37H35N. The van der Waals surface area contributed by atoms with Crippen molar-refractivity contribution in [3.63, 3.8) is 0 Å². The fourth-order valence-corrected chi connectivity index (χ4v) is 7.18. The van der Waals surface area contributed by atoms with Crippen LogP contribution in [-0.4, -0.2) is 4.57 Å². The van der Waals surface area contributed by atoms with Crippen LogP contribution in [-0.2, 0) is 11.8 Å². The molecule has 2 aliphatic rings. The van der Waals surface area contributed by atoms with Crippen molar-refractivity contribution in [3.05, 3.63) is 123 Å². The van der Waals surface area contributed by atoms with Gasteiger partial charge in [0.2, 0.25) is 0 Å². The SMILES string of the molecule is Cc1cc(C)cc(C2=Cc3c(n4c5c(cc(-c6cc(C)cc(C)c6)cc35)C(C)(C)c3ccccc3-4)CC2)c1. The lowest BCUT2D eigenvalue weighted by Gasteiger charge is -2.35. The fourth-order valence-electron chi connectivity index (χ4n) is 7.18. The molecule has 0 bridgehead atoms. The first-order chi connectivity index (χ1) is 18.2. The summed E-state index contributed by atoms with van der Waals surface area (Å²) in [6.45, 7) is 13.6. The highest BCUT2D eigenvalue weighted by Gasteiger charge is 2.37. The van der Waals surface area contributed by atoms with E-state index >= 15 is 0 Å². The minimum atomic E-state index is -0.0825. The number of hydrogen-bond donors (Lipinski definition) is 0. The summed E-state index contributed by atoms with van der Waals surface area (Å²) in [6.07, 6.45) is 4.62. The van der Waals surface area contributed by atoms with Crippen LogP contribution in [0.25, 0.3) is 39.4 Å². The van der Waals surface area contributed by atoms with Crippen LogP contribution in [0, 0.1) is 27.7 Å². The zero-order chi connectivity index (χ0) is 26.3. The van der Waals surface area contributed by atoms with Crippen molar-refractivity contribution in [2.75, 3.05) is 0 Å². The van der Waals surface area contributed by atoms with Crippen molar-refractivity contribution in [1.82, 2.24) is 4.57 Å². The summed E-state index contributed by atoms with van der Waals surface area (Å²) in [7, 11) is 0. The Balaban J connectivity index is 1.58. The Kier molecular flexibility index (Phi) is 4.95. The van der Waals surface area contributed by atoms with Gasteiger partial charge in [-0.2, -0.15) is 0 Å². The van der Waals surface area contributed by atoms with E-state index in [1.807, 2.05) is 0 Å². The topological polar surface area (TPSA) is 4.93 Å². The third kappa shape index (κ3) is 3.38. The van der Waals surface area contributed by atoms with Gasteiger partial charge >= 0.3 is 0 Å². The van der Waals surface area contributed by atoms with Crippen molar-refractivity contribution in [1.29, 1.82) is 0 Å². The molecule has 2 heterocycles. The molecule has 0 radical (unpaired) electrons. The number of rotatable bonds is 2. The minimum absolute atomic E-state index is 0.0825. The lowest BCUT2D eigenvalue weighted by Crippen LogP contribution is -2.27. The van der Waals surface area contributed by atoms with E-state index < -0.39 is 0 Å². The molecule has 1 nitrogen and oxygen atoms in total. The second-order valence-corrected chi connectivity index (χ2v) is 12.2. The number of fused-ring (bicyclic) bond motifs is 5. The van der Waals surface area contributed by atoms with Gasteiger partial charge in [-0.25, -0.2) is 0 Å². The zero-order valence-corrected chi connectivity index (χ0v) is 23.4. The van der Waals surface area contributed by atoms with Crippen LogP contribution in [0.5, 0.6) is 0 Å². The van der Waals surface area contributed by atoms with E-state index in [1.165, 1.54) is 83.5 Å². The average Bonchev–Trinajstić information content (AvgIpc) is 3.20. The Morgan fingerprint density at radius 2 is 1.24 bits per heavy atom. The summed E-state index contributed by atoms with van der Waals surface area (Å²) in [6, 6.07) is 27.9. The van der Waals surface area contributed by atoms with Crippen molar-refractivity contribution in [2.45, 2.75) is 59.8 Å². The number of hydrogen-bond acceptors (Lipinski definition) is 0. The Morgan fingerprint density at radius 3 is 1.92 bits per heavy atom. The number of para-hydroxylation sites is 1. The van der Waals surface area contributed by atoms with Gasteiger partial charge in [-0.3, -0.25) is 0 Å². The van der Waals surface area contributed by atoms with Crippen LogP contribution in [0.1, 0.15) is 70.5 Å². The number of benzene rings is 4. The molecule has 0 atom stereocenters. The van der Waals surface area contributed by atoms with E-state index in [2.05, 4.69) is 125 Å². The van der Waals surface area contributed by atoms with Gasteiger partial charge in [-0.15, -0.1) is 0 Å². The lowest BCUT2D eigenvalue weighted by molar-refractivity contribution is 0.625. The molecule has 0 saturated carbocycles. The normalized spacial score (nSPS) is 15.3. The molecule has 0 saturated heterocycles. The van der Waals surface area contributed by atoms with Gasteiger partial charge in [0, 0.05) is 27.7 Å². The lowest BCUT2D eigenvalue weighted by atomic mass is 9.74. The zero-order valence-electron chi connectivity index (χ0n) is 23.4. The molecule has 7 rings (SSSR count). The van der Waals surface area contributed by atoms with Gasteiger partial charge in [0.1, 0.15) is 0 Å². The Morgan fingerprint density at radius 1 is 0.632 bits per heavy atom. The number of aromatic nitrogens is 1. The van der Waals surface area contributed by atoms with Crippen LogP contribution < -0.4 is 0 Å². The van der Waals surface area contributed by atoms with Crippen LogP contribution >= 0.6 is 0 Å². The van der Waals surface area contributed by atoms with Crippen molar-refractivity contribution < 1.29 is 0 Å². The predicted molar refractivity (Wildman–Crippen MR) is 162 cm³/mol. The second-order valence-electron chi connectivity index (χ2n) is 12.2. The van der Waals surface area contributed by atoms with E-state index in [9.17, 15) is 0 Å². The molecule has 4 aromatic carbocycles. The Hall–Kier alpha value is -3.84. The molecule has 38 heavy (non-hydrogen) atoms. The maximum absolute atomic E-state index is 2.60. The van der Waals surface area contributed by atoms with E-state index in [0.29, 0.717) is 0 Å². The highest BCUT2D eigenvalue weighted by Crippen LogP contribution is 2.50. The number of aryl methyl sites for hydroxylation is 4. The predicted octanol–water partition coefficient (Wildman–Crippen LogP) is 9.66. The van der Waals surface area contributed by atoms with Gasteiger partial charge < -0.3 is 4.57 Å². The summed E-state index contributed by atoms with van der Waals surface area (Å²) >= 11 is 0. The van der Waals surface area contributed by atoms with Gasteiger partial charge in [-0.1, -0.05) is 90.7 Å². The Labute approximate surface area is 226 Å². The van der Waals surface area contributed by atoms with Crippen LogP contribution in [0.2, 0.25) is 0 Å². The molecule has 0 fully saturated rings. The standard InChI is InChI=1S/C37H35N/c1-22-13-23(2)16-27(15-22)26-11-12-34-30(19-26)31-20-29(28-17-24(3)14-25(4)18-28)21-33-36(31)38(34)35-10-8-7-9-32(35)37(33,5)6/h7-10,13-21H,11-12H2,1-6H3. The molecule has 1 aromatic heterocycles. The van der Waals surface area contributed by atoms with Gasteiger partial charge in [0.05, 0.1) is 5.52 Å². The maximum Gasteiger partial charge on any atom is 0.0579 e. The third-order valence-corrected chi connectivity index (χ3v) is 8.79.